The van der Waals surface area contributed by atoms with Crippen molar-refractivity contribution in [3.05, 3.63) is 118 Å². The van der Waals surface area contributed by atoms with Gasteiger partial charge in [0.2, 0.25) is 5.91 Å². The molecule has 44 heavy (non-hydrogen) atoms. The Labute approximate surface area is 259 Å². The summed E-state index contributed by atoms with van der Waals surface area (Å²) >= 11 is 6.12. The summed E-state index contributed by atoms with van der Waals surface area (Å²) in [7, 11) is 3.00. The second-order valence-corrected chi connectivity index (χ2v) is 10.7. The molecular formula is C34H30ClN3O6. The predicted octanol–water partition coefficient (Wildman–Crippen LogP) is 5.60. The zero-order chi connectivity index (χ0) is 31.4. The van der Waals surface area contributed by atoms with Crippen LogP contribution in [0.25, 0.3) is 0 Å². The number of fused-ring (bicyclic) bond motifs is 1. The number of anilines is 2. The van der Waals surface area contributed by atoms with Crippen LogP contribution in [0.1, 0.15) is 33.1 Å². The molecule has 1 heterocycles. The second-order valence-electron chi connectivity index (χ2n) is 10.3. The van der Waals surface area contributed by atoms with Gasteiger partial charge in [0.1, 0.15) is 24.1 Å². The van der Waals surface area contributed by atoms with Gasteiger partial charge >= 0.3 is 0 Å². The molecular weight excluding hydrogens is 582 g/mol. The molecule has 4 aromatic rings. The Bertz CT molecular complexity index is 1720. The first-order valence-corrected chi connectivity index (χ1v) is 14.2. The lowest BCUT2D eigenvalue weighted by Crippen LogP contribution is -2.46. The number of halogens is 1. The third-order valence-electron chi connectivity index (χ3n) is 7.38. The molecule has 1 aliphatic heterocycles. The van der Waals surface area contributed by atoms with Crippen LogP contribution in [0.5, 0.6) is 11.5 Å². The SMILES string of the molecule is COc1ccc(NC(=O)C(c2ccc(C)cc2)N(Cc2ccc(Cl)cc2)C(=O)CN2C(=O)C(=O)c3ccccc32)c(OC)c1. The number of carbonyl (C=O) groups excluding carboxylic acids is 4. The van der Waals surface area contributed by atoms with Gasteiger partial charge in [-0.1, -0.05) is 65.7 Å². The van der Waals surface area contributed by atoms with Crippen molar-refractivity contribution in [3.8, 4) is 11.5 Å². The van der Waals surface area contributed by atoms with Crippen molar-refractivity contribution >= 4 is 46.5 Å². The van der Waals surface area contributed by atoms with Crippen LogP contribution in [-0.2, 0) is 20.9 Å². The molecule has 1 aliphatic rings. The van der Waals surface area contributed by atoms with Crippen LogP contribution in [0.3, 0.4) is 0 Å². The number of benzene rings is 4. The van der Waals surface area contributed by atoms with E-state index in [0.29, 0.717) is 39.0 Å². The van der Waals surface area contributed by atoms with E-state index in [1.165, 1.54) is 19.1 Å². The van der Waals surface area contributed by atoms with Gasteiger partial charge in [-0.3, -0.25) is 24.1 Å². The number of Topliss-reactive ketones (excluding diaryl/α,β-unsaturated/α-hetero) is 1. The van der Waals surface area contributed by atoms with Crippen LogP contribution >= 0.6 is 11.6 Å². The summed E-state index contributed by atoms with van der Waals surface area (Å²) in [4.78, 5) is 56.7. The first kappa shape index (κ1) is 30.3. The van der Waals surface area contributed by atoms with Crippen molar-refractivity contribution < 1.29 is 28.7 Å². The minimum atomic E-state index is -1.13. The third-order valence-corrected chi connectivity index (χ3v) is 7.63. The van der Waals surface area contributed by atoms with Gasteiger partial charge in [-0.2, -0.15) is 0 Å². The fraction of sp³-hybridized carbons (Fsp3) is 0.176. The van der Waals surface area contributed by atoms with Crippen molar-refractivity contribution in [3.63, 3.8) is 0 Å². The molecule has 4 aromatic carbocycles. The van der Waals surface area contributed by atoms with Crippen LogP contribution in [0, 0.1) is 6.92 Å². The molecule has 1 atom stereocenters. The van der Waals surface area contributed by atoms with Crippen LogP contribution in [-0.4, -0.2) is 49.2 Å². The Morgan fingerprint density at radius 3 is 2.30 bits per heavy atom. The fourth-order valence-corrected chi connectivity index (χ4v) is 5.19. The molecule has 0 aromatic heterocycles. The summed E-state index contributed by atoms with van der Waals surface area (Å²) in [6.07, 6.45) is 0. The van der Waals surface area contributed by atoms with Gasteiger partial charge < -0.3 is 19.7 Å². The minimum Gasteiger partial charge on any atom is -0.497 e. The highest BCUT2D eigenvalue weighted by atomic mass is 35.5. The van der Waals surface area contributed by atoms with Gasteiger partial charge in [0.05, 0.1) is 31.2 Å². The monoisotopic (exact) mass is 611 g/mol. The molecule has 0 fully saturated rings. The maximum Gasteiger partial charge on any atom is 0.299 e. The van der Waals surface area contributed by atoms with Crippen molar-refractivity contribution in [2.45, 2.75) is 19.5 Å². The quantitative estimate of drug-likeness (QED) is 0.234. The first-order valence-electron chi connectivity index (χ1n) is 13.8. The van der Waals surface area contributed by atoms with Crippen molar-refractivity contribution in [1.82, 2.24) is 4.90 Å². The standard InChI is InChI=1S/C34H30ClN3O6/c1-21-8-12-23(13-9-21)31(33(41)36-27-17-16-25(43-2)18-29(27)44-3)38(19-22-10-14-24(35)15-11-22)30(39)20-37-28-7-5-4-6-26(28)32(40)34(37)42/h4-18,31H,19-20H2,1-3H3,(H,36,41). The number of aryl methyl sites for hydroxylation is 1. The lowest BCUT2D eigenvalue weighted by Gasteiger charge is -2.33. The van der Waals surface area contributed by atoms with E-state index in [1.807, 2.05) is 19.1 Å². The number of nitrogens with one attached hydrogen (secondary N) is 1. The van der Waals surface area contributed by atoms with Gasteiger partial charge in [-0.05, 0) is 54.4 Å². The molecule has 10 heteroatoms. The first-order chi connectivity index (χ1) is 21.2. The lowest BCUT2D eigenvalue weighted by molar-refractivity contribution is -0.139. The van der Waals surface area contributed by atoms with Crippen LogP contribution in [0.2, 0.25) is 5.02 Å². The average Bonchev–Trinajstić information content (AvgIpc) is 3.27. The normalized spacial score (nSPS) is 12.9. The molecule has 0 radical (unpaired) electrons. The summed E-state index contributed by atoms with van der Waals surface area (Å²) in [6.45, 7) is 1.49. The zero-order valence-corrected chi connectivity index (χ0v) is 25.1. The summed E-state index contributed by atoms with van der Waals surface area (Å²) < 4.78 is 10.8. The van der Waals surface area contributed by atoms with Crippen LogP contribution in [0.15, 0.2) is 91.0 Å². The van der Waals surface area contributed by atoms with Crippen molar-refractivity contribution in [1.29, 1.82) is 0 Å². The number of carbonyl (C=O) groups is 4. The highest BCUT2D eigenvalue weighted by molar-refractivity contribution is 6.52. The molecule has 0 spiro atoms. The smallest absolute Gasteiger partial charge is 0.299 e. The molecule has 0 saturated carbocycles. The van der Waals surface area contributed by atoms with Gasteiger partial charge in [0.25, 0.3) is 17.6 Å². The van der Waals surface area contributed by atoms with Crippen molar-refractivity contribution in [2.24, 2.45) is 0 Å². The molecule has 1 N–H and O–H groups in total. The largest absolute Gasteiger partial charge is 0.497 e. The molecule has 9 nitrogen and oxygen atoms in total. The number of ether oxygens (including phenoxy) is 2. The van der Waals surface area contributed by atoms with E-state index in [1.54, 1.807) is 78.9 Å². The van der Waals surface area contributed by atoms with Gasteiger partial charge in [-0.15, -0.1) is 0 Å². The van der Waals surface area contributed by atoms with E-state index in [2.05, 4.69) is 5.32 Å². The summed E-state index contributed by atoms with van der Waals surface area (Å²) in [5.74, 6) is -1.63. The Morgan fingerprint density at radius 1 is 0.909 bits per heavy atom. The summed E-state index contributed by atoms with van der Waals surface area (Å²) in [6, 6.07) is 24.6. The number of hydrogen-bond donors (Lipinski definition) is 1. The number of ketones is 1. The maximum absolute atomic E-state index is 14.3. The van der Waals surface area contributed by atoms with Gasteiger partial charge in [0.15, 0.2) is 0 Å². The number of methoxy groups -OCH3 is 2. The zero-order valence-electron chi connectivity index (χ0n) is 24.4. The minimum absolute atomic E-state index is 0.0132. The van der Waals surface area contributed by atoms with E-state index in [9.17, 15) is 19.2 Å². The Morgan fingerprint density at radius 2 is 1.61 bits per heavy atom. The van der Waals surface area contributed by atoms with E-state index in [-0.39, 0.29) is 12.1 Å². The number of amides is 3. The van der Waals surface area contributed by atoms with Gasteiger partial charge in [-0.25, -0.2) is 0 Å². The summed E-state index contributed by atoms with van der Waals surface area (Å²) in [5.41, 5.74) is 3.18. The van der Waals surface area contributed by atoms with Crippen LogP contribution < -0.4 is 19.7 Å². The van der Waals surface area contributed by atoms with Gasteiger partial charge in [0, 0.05) is 17.6 Å². The fourth-order valence-electron chi connectivity index (χ4n) is 5.07. The highest BCUT2D eigenvalue weighted by Crippen LogP contribution is 2.33. The number of rotatable bonds is 10. The van der Waals surface area contributed by atoms with Crippen LogP contribution in [0.4, 0.5) is 11.4 Å². The van der Waals surface area contributed by atoms with E-state index in [0.717, 1.165) is 10.5 Å². The Hall–Kier alpha value is -5.15. The topological polar surface area (TPSA) is 105 Å². The van der Waals surface area contributed by atoms with E-state index >= 15 is 0 Å². The molecule has 0 aliphatic carbocycles. The average molecular weight is 612 g/mol. The van der Waals surface area contributed by atoms with Crippen molar-refractivity contribution in [2.75, 3.05) is 31.0 Å². The molecule has 224 valence electrons. The molecule has 3 amide bonds. The molecule has 5 rings (SSSR count). The third kappa shape index (κ3) is 6.28. The Kier molecular flexibility index (Phi) is 8.96. The molecule has 0 bridgehead atoms. The van der Waals surface area contributed by atoms with E-state index in [4.69, 9.17) is 21.1 Å². The molecule has 0 saturated heterocycles. The molecule has 1 unspecified atom stereocenters. The summed E-state index contributed by atoms with van der Waals surface area (Å²) in [5, 5.41) is 3.43. The lowest BCUT2D eigenvalue weighted by atomic mass is 10.0. The Balaban J connectivity index is 1.56. The maximum atomic E-state index is 14.3. The highest BCUT2D eigenvalue weighted by Gasteiger charge is 2.39. The number of para-hydroxylation sites is 1. The second kappa shape index (κ2) is 13.0. The number of hydrogen-bond acceptors (Lipinski definition) is 6. The van der Waals surface area contributed by atoms with E-state index < -0.39 is 36.1 Å². The predicted molar refractivity (Wildman–Crippen MR) is 167 cm³/mol. The number of nitrogens with zero attached hydrogens (tertiary/aromatic N) is 2.